The van der Waals surface area contributed by atoms with Gasteiger partial charge in [-0.3, -0.25) is 5.50 Å². The number of hydrogen-bond donors (Lipinski definition) is 5. The molecule has 0 rings (SSSR count). The summed E-state index contributed by atoms with van der Waals surface area (Å²) in [4.78, 5) is 14.9. The zero-order chi connectivity index (χ0) is 9.82. The van der Waals surface area contributed by atoms with Crippen LogP contribution in [-0.2, 0) is 0 Å². The van der Waals surface area contributed by atoms with Gasteiger partial charge in [0.05, 0.1) is 0 Å². The van der Waals surface area contributed by atoms with Gasteiger partial charge in [-0.25, -0.2) is 0 Å². The van der Waals surface area contributed by atoms with Crippen LogP contribution >= 0.6 is 30.1 Å². The lowest BCUT2D eigenvalue weighted by Crippen LogP contribution is -2.02. The quantitative estimate of drug-likeness (QED) is 0.245. The summed E-state index contributed by atoms with van der Waals surface area (Å²) in [7, 11) is 1.46. The minimum absolute atomic E-state index is 0.766. The molecule has 0 aromatic rings. The summed E-state index contributed by atoms with van der Waals surface area (Å²) in [5.41, 5.74) is 14.8. The molecule has 0 bridgehead atoms. The Kier molecular flexibility index (Phi) is 18.6. The van der Waals surface area contributed by atoms with Gasteiger partial charge in [0.15, 0.2) is 0 Å². The average Bonchev–Trinajstić information content (AvgIpc) is 1.97. The molecule has 76 valence electrons. The number of nitrogens with two attached hydrogens (primary N) is 3. The minimum atomic E-state index is -2.12. The molecule has 0 aliphatic rings. The fourth-order valence-corrected chi connectivity index (χ4v) is 1.93. The third-order valence-electron chi connectivity index (χ3n) is 0.486. The van der Waals surface area contributed by atoms with Crippen molar-refractivity contribution in [3.63, 3.8) is 0 Å². The number of hydrogen-bond acceptors (Lipinski definition) is 7. The van der Waals surface area contributed by atoms with Crippen molar-refractivity contribution in [1.82, 2.24) is 0 Å². The van der Waals surface area contributed by atoms with Gasteiger partial charge < -0.3 is 21.3 Å². The fraction of sp³-hybridized carbons (Fsp3) is 1.00. The molecule has 12 heavy (non-hydrogen) atoms. The lowest BCUT2D eigenvalue weighted by molar-refractivity contribution is 0.485. The van der Waals surface area contributed by atoms with Gasteiger partial charge in [-0.2, -0.15) is 0 Å². The highest BCUT2D eigenvalue weighted by atomic mass is 33.1. The van der Waals surface area contributed by atoms with E-state index in [-0.39, 0.29) is 0 Å². The van der Waals surface area contributed by atoms with Gasteiger partial charge in [0.1, 0.15) is 0 Å². The summed E-state index contributed by atoms with van der Waals surface area (Å²) in [6.07, 6.45) is 0. The highest BCUT2D eigenvalue weighted by Crippen LogP contribution is 2.18. The molecule has 0 aromatic carbocycles. The van der Waals surface area contributed by atoms with Gasteiger partial charge >= 0.3 is 0 Å². The van der Waals surface area contributed by atoms with Gasteiger partial charge in [-0.1, -0.05) is 21.6 Å². The highest BCUT2D eigenvalue weighted by Gasteiger charge is 1.84. The van der Waals surface area contributed by atoms with E-state index >= 15 is 0 Å². The Morgan fingerprint density at radius 2 is 1.25 bits per heavy atom. The Morgan fingerprint density at radius 1 is 1.00 bits per heavy atom. The van der Waals surface area contributed by atoms with E-state index in [9.17, 15) is 0 Å². The Bertz CT molecular complexity index is 72.6. The van der Waals surface area contributed by atoms with Crippen molar-refractivity contribution >= 4 is 30.1 Å². The zero-order valence-electron chi connectivity index (χ0n) is 6.72. The lowest BCUT2D eigenvalue weighted by Gasteiger charge is -1.93. The second-order valence-corrected chi connectivity index (χ2v) is 4.88. The van der Waals surface area contributed by atoms with Crippen molar-refractivity contribution in [2.75, 3.05) is 24.6 Å². The van der Waals surface area contributed by atoms with Crippen LogP contribution in [-0.4, -0.2) is 34.4 Å². The van der Waals surface area contributed by atoms with Crippen LogP contribution in [0.1, 0.15) is 0 Å². The summed E-state index contributed by atoms with van der Waals surface area (Å²) in [5, 5.41) is 0. The molecule has 0 aliphatic carbocycles. The van der Waals surface area contributed by atoms with E-state index < -0.39 is 8.53 Å². The van der Waals surface area contributed by atoms with Gasteiger partial charge in [-0.05, 0) is 0 Å². The van der Waals surface area contributed by atoms with Crippen LogP contribution in [0.15, 0.2) is 0 Å². The SMILES string of the molecule is NCCSSCCN.NP(O)O. The maximum atomic E-state index is 7.45. The maximum Gasteiger partial charge on any atom is 0.247 e. The standard InChI is InChI=1S/C4H12N2S2.H4NO2P/c5-1-3-7-8-4-2-6;1-4(2)3/h1-6H2;2-3H,1H2. The van der Waals surface area contributed by atoms with E-state index in [1.807, 2.05) is 0 Å². The molecule has 0 spiro atoms. The van der Waals surface area contributed by atoms with E-state index in [2.05, 4.69) is 5.50 Å². The van der Waals surface area contributed by atoms with Crippen LogP contribution in [0.5, 0.6) is 0 Å². The lowest BCUT2D eigenvalue weighted by atomic mass is 10.8. The highest BCUT2D eigenvalue weighted by molar-refractivity contribution is 8.76. The van der Waals surface area contributed by atoms with E-state index in [0.717, 1.165) is 24.6 Å². The molecule has 0 unspecified atom stereocenters. The van der Waals surface area contributed by atoms with Crippen molar-refractivity contribution in [1.29, 1.82) is 0 Å². The molecular weight excluding hydrogens is 217 g/mol. The molecule has 0 radical (unpaired) electrons. The second kappa shape index (κ2) is 14.5. The molecule has 0 saturated carbocycles. The van der Waals surface area contributed by atoms with Gasteiger partial charge in [0.25, 0.3) is 0 Å². The molecule has 0 aliphatic heterocycles. The number of rotatable bonds is 5. The van der Waals surface area contributed by atoms with Crippen molar-refractivity contribution in [2.45, 2.75) is 0 Å². The smallest absolute Gasteiger partial charge is 0.247 e. The Balaban J connectivity index is 0. The van der Waals surface area contributed by atoms with Crippen molar-refractivity contribution < 1.29 is 9.79 Å². The molecule has 8 N–H and O–H groups in total. The topological polar surface area (TPSA) is 119 Å². The molecule has 0 saturated heterocycles. The zero-order valence-corrected chi connectivity index (χ0v) is 9.25. The Labute approximate surface area is 81.8 Å². The van der Waals surface area contributed by atoms with Crippen LogP contribution in [0.3, 0.4) is 0 Å². The van der Waals surface area contributed by atoms with Crippen molar-refractivity contribution in [3.05, 3.63) is 0 Å². The molecule has 0 heterocycles. The first kappa shape index (κ1) is 15.4. The maximum absolute atomic E-state index is 7.45. The summed E-state index contributed by atoms with van der Waals surface area (Å²) in [6, 6.07) is 0. The van der Waals surface area contributed by atoms with Gasteiger partial charge in [0, 0.05) is 24.6 Å². The first-order valence-electron chi connectivity index (χ1n) is 3.22. The van der Waals surface area contributed by atoms with Crippen LogP contribution in [0.2, 0.25) is 0 Å². The summed E-state index contributed by atoms with van der Waals surface area (Å²) >= 11 is 0. The monoisotopic (exact) mass is 233 g/mol. The summed E-state index contributed by atoms with van der Waals surface area (Å²) in [6.45, 7) is 1.53. The fourth-order valence-electron chi connectivity index (χ4n) is 0.214. The largest absolute Gasteiger partial charge is 0.338 e. The van der Waals surface area contributed by atoms with Crippen LogP contribution in [0, 0.1) is 0 Å². The normalized spacial score (nSPS) is 9.50. The first-order valence-corrected chi connectivity index (χ1v) is 7.02. The first-order chi connectivity index (χ1) is 5.65. The Hall–Kier alpha value is 0.930. The average molecular weight is 233 g/mol. The van der Waals surface area contributed by atoms with E-state index in [1.165, 1.54) is 0 Å². The minimum Gasteiger partial charge on any atom is -0.338 e. The molecule has 5 nitrogen and oxygen atoms in total. The van der Waals surface area contributed by atoms with Gasteiger partial charge in [0.2, 0.25) is 8.53 Å². The third-order valence-corrected chi connectivity index (χ3v) is 2.96. The van der Waals surface area contributed by atoms with E-state index in [4.69, 9.17) is 21.3 Å². The van der Waals surface area contributed by atoms with Crippen LogP contribution in [0.25, 0.3) is 0 Å². The molecule has 8 heteroatoms. The molecule has 0 atom stereocenters. The summed E-state index contributed by atoms with van der Waals surface area (Å²) in [5.74, 6) is 2.06. The Morgan fingerprint density at radius 3 is 1.42 bits per heavy atom. The van der Waals surface area contributed by atoms with Crippen LogP contribution in [0.4, 0.5) is 0 Å². The van der Waals surface area contributed by atoms with E-state index in [1.54, 1.807) is 21.6 Å². The van der Waals surface area contributed by atoms with Crippen molar-refractivity contribution in [2.24, 2.45) is 17.0 Å². The molecule has 0 fully saturated rings. The summed E-state index contributed by atoms with van der Waals surface area (Å²) < 4.78 is 0. The predicted octanol–water partition coefficient (Wildman–Crippen LogP) is -0.558. The molecule has 0 amide bonds. The predicted molar refractivity (Wildman–Crippen MR) is 58.6 cm³/mol. The third kappa shape index (κ3) is 30.6. The molecule has 0 aromatic heterocycles. The van der Waals surface area contributed by atoms with Gasteiger partial charge in [-0.15, -0.1) is 0 Å². The van der Waals surface area contributed by atoms with Crippen LogP contribution < -0.4 is 17.0 Å². The molecular formula is C4H16N3O2PS2. The second-order valence-electron chi connectivity index (χ2n) is 1.54. The van der Waals surface area contributed by atoms with E-state index in [0.29, 0.717) is 0 Å². The van der Waals surface area contributed by atoms with Crippen molar-refractivity contribution in [3.8, 4) is 0 Å².